The second kappa shape index (κ2) is 6.24. The van der Waals surface area contributed by atoms with Gasteiger partial charge in [-0.25, -0.2) is 4.68 Å². The van der Waals surface area contributed by atoms with Crippen molar-refractivity contribution in [2.75, 3.05) is 10.6 Å². The number of carbonyl (C=O) groups is 2. The van der Waals surface area contributed by atoms with Crippen LogP contribution >= 0.6 is 0 Å². The van der Waals surface area contributed by atoms with Gasteiger partial charge in [-0.2, -0.15) is 5.10 Å². The Balaban J connectivity index is 1.54. The number of hydrogen-bond donors (Lipinski definition) is 2. The van der Waals surface area contributed by atoms with Crippen molar-refractivity contribution in [3.8, 4) is 11.1 Å². The van der Waals surface area contributed by atoms with Crippen LogP contribution in [0.2, 0.25) is 0 Å². The van der Waals surface area contributed by atoms with Crippen LogP contribution < -0.4 is 10.6 Å². The van der Waals surface area contributed by atoms with Crippen molar-refractivity contribution in [2.24, 2.45) is 0 Å². The fourth-order valence-electron chi connectivity index (χ4n) is 2.95. The first-order valence-corrected chi connectivity index (χ1v) is 8.01. The number of rotatable bonds is 4. The van der Waals surface area contributed by atoms with Gasteiger partial charge in [-0.05, 0) is 17.7 Å². The summed E-state index contributed by atoms with van der Waals surface area (Å²) < 4.78 is 1.59. The number of nitrogens with zero attached hydrogens (tertiary/aromatic N) is 2. The van der Waals surface area contributed by atoms with E-state index in [0.717, 1.165) is 11.1 Å². The van der Waals surface area contributed by atoms with E-state index in [1.165, 1.54) is 0 Å². The molecule has 0 fully saturated rings. The summed E-state index contributed by atoms with van der Waals surface area (Å²) in [7, 11) is 0. The summed E-state index contributed by atoms with van der Waals surface area (Å²) in [5, 5.41) is 9.96. The van der Waals surface area contributed by atoms with E-state index in [2.05, 4.69) is 15.7 Å². The van der Waals surface area contributed by atoms with Crippen LogP contribution in [-0.4, -0.2) is 21.6 Å². The molecule has 0 radical (unpaired) electrons. The second-order valence-electron chi connectivity index (χ2n) is 5.84. The number of aromatic nitrogens is 2. The highest BCUT2D eigenvalue weighted by Crippen LogP contribution is 2.35. The lowest BCUT2D eigenvalue weighted by Crippen LogP contribution is -2.23. The molecular formula is C19H16N4O2. The van der Waals surface area contributed by atoms with Gasteiger partial charge in [0.2, 0.25) is 5.91 Å². The van der Waals surface area contributed by atoms with E-state index in [1.807, 2.05) is 48.5 Å². The molecule has 25 heavy (non-hydrogen) atoms. The molecule has 0 bridgehead atoms. The van der Waals surface area contributed by atoms with E-state index < -0.39 is 6.04 Å². The number of hydrogen-bond acceptors (Lipinski definition) is 3. The number of carbonyl (C=O) groups excluding carboxylic acids is 2. The van der Waals surface area contributed by atoms with Crippen molar-refractivity contribution in [1.82, 2.24) is 9.78 Å². The summed E-state index contributed by atoms with van der Waals surface area (Å²) in [4.78, 5) is 24.6. The Labute approximate surface area is 144 Å². The van der Waals surface area contributed by atoms with E-state index in [-0.39, 0.29) is 18.2 Å². The molecule has 4 rings (SSSR count). The van der Waals surface area contributed by atoms with Gasteiger partial charge in [-0.15, -0.1) is 0 Å². The van der Waals surface area contributed by atoms with Crippen molar-refractivity contribution in [3.63, 3.8) is 0 Å². The summed E-state index contributed by atoms with van der Waals surface area (Å²) in [5.41, 5.74) is 2.52. The number of fused-ring (bicyclic) bond motifs is 1. The van der Waals surface area contributed by atoms with Crippen LogP contribution in [0.25, 0.3) is 11.1 Å². The highest BCUT2D eigenvalue weighted by molar-refractivity contribution is 6.04. The SMILES string of the molecule is O=C(C[C@@H]1C(=O)Nc2c(-c3ccccc3)cnn21)Nc1ccccc1. The maximum absolute atomic E-state index is 12.3. The summed E-state index contributed by atoms with van der Waals surface area (Å²) in [5.74, 6) is 0.188. The lowest BCUT2D eigenvalue weighted by Gasteiger charge is -2.09. The summed E-state index contributed by atoms with van der Waals surface area (Å²) in [6.45, 7) is 0. The molecule has 1 atom stereocenters. The number of para-hydroxylation sites is 1. The zero-order valence-corrected chi connectivity index (χ0v) is 13.3. The fraction of sp³-hybridized carbons (Fsp3) is 0.105. The van der Waals surface area contributed by atoms with Crippen LogP contribution in [0.5, 0.6) is 0 Å². The molecule has 124 valence electrons. The Morgan fingerprint density at radius 1 is 1.08 bits per heavy atom. The van der Waals surface area contributed by atoms with Crippen LogP contribution in [0.1, 0.15) is 12.5 Å². The average molecular weight is 332 g/mol. The van der Waals surface area contributed by atoms with Gasteiger partial charge in [0.1, 0.15) is 11.9 Å². The highest BCUT2D eigenvalue weighted by Gasteiger charge is 2.35. The smallest absolute Gasteiger partial charge is 0.251 e. The molecule has 0 spiro atoms. The topological polar surface area (TPSA) is 76.0 Å². The molecule has 1 aromatic heterocycles. The fourth-order valence-corrected chi connectivity index (χ4v) is 2.95. The lowest BCUT2D eigenvalue weighted by molar-refractivity contribution is -0.123. The predicted octanol–water partition coefficient (Wildman–Crippen LogP) is 3.07. The van der Waals surface area contributed by atoms with Crippen molar-refractivity contribution >= 4 is 23.3 Å². The zero-order chi connectivity index (χ0) is 17.2. The van der Waals surface area contributed by atoms with Crippen LogP contribution in [0.3, 0.4) is 0 Å². The minimum Gasteiger partial charge on any atom is -0.326 e. The van der Waals surface area contributed by atoms with E-state index in [0.29, 0.717) is 11.5 Å². The third kappa shape index (κ3) is 2.89. The molecule has 0 aliphatic carbocycles. The van der Waals surface area contributed by atoms with Gasteiger partial charge in [-0.1, -0.05) is 48.5 Å². The third-order valence-electron chi connectivity index (χ3n) is 4.16. The maximum Gasteiger partial charge on any atom is 0.251 e. The van der Waals surface area contributed by atoms with Crippen LogP contribution in [0.15, 0.2) is 66.9 Å². The van der Waals surface area contributed by atoms with Gasteiger partial charge >= 0.3 is 0 Å². The van der Waals surface area contributed by atoms with E-state index in [9.17, 15) is 9.59 Å². The molecule has 6 nitrogen and oxygen atoms in total. The monoisotopic (exact) mass is 332 g/mol. The molecule has 2 aromatic carbocycles. The normalized spacial score (nSPS) is 15.5. The second-order valence-corrected chi connectivity index (χ2v) is 5.84. The molecule has 6 heteroatoms. The molecular weight excluding hydrogens is 316 g/mol. The Morgan fingerprint density at radius 2 is 1.76 bits per heavy atom. The van der Waals surface area contributed by atoms with E-state index in [1.54, 1.807) is 23.0 Å². The molecule has 1 aliphatic heterocycles. The first-order chi connectivity index (χ1) is 12.2. The zero-order valence-electron chi connectivity index (χ0n) is 13.3. The van der Waals surface area contributed by atoms with Gasteiger partial charge in [0, 0.05) is 11.3 Å². The Morgan fingerprint density at radius 3 is 2.48 bits per heavy atom. The van der Waals surface area contributed by atoms with Gasteiger partial charge in [0.05, 0.1) is 12.6 Å². The number of amides is 2. The number of benzene rings is 2. The van der Waals surface area contributed by atoms with Crippen LogP contribution in [-0.2, 0) is 9.59 Å². The largest absolute Gasteiger partial charge is 0.326 e. The number of nitrogens with one attached hydrogen (secondary N) is 2. The predicted molar refractivity (Wildman–Crippen MR) is 95.0 cm³/mol. The van der Waals surface area contributed by atoms with Gasteiger partial charge in [0.15, 0.2) is 0 Å². The molecule has 0 saturated carbocycles. The van der Waals surface area contributed by atoms with Crippen LogP contribution in [0.4, 0.5) is 11.5 Å². The number of anilines is 2. The van der Waals surface area contributed by atoms with Crippen molar-refractivity contribution in [1.29, 1.82) is 0 Å². The summed E-state index contributed by atoms with van der Waals surface area (Å²) in [6.07, 6.45) is 1.75. The lowest BCUT2D eigenvalue weighted by atomic mass is 10.1. The molecule has 1 aliphatic rings. The molecule has 0 unspecified atom stereocenters. The Bertz CT molecular complexity index is 919. The maximum atomic E-state index is 12.3. The van der Waals surface area contributed by atoms with E-state index in [4.69, 9.17) is 0 Å². The molecule has 2 heterocycles. The van der Waals surface area contributed by atoms with Crippen molar-refractivity contribution in [3.05, 3.63) is 66.9 Å². The van der Waals surface area contributed by atoms with Gasteiger partial charge in [-0.3, -0.25) is 9.59 Å². The quantitative estimate of drug-likeness (QED) is 0.771. The van der Waals surface area contributed by atoms with Crippen molar-refractivity contribution < 1.29 is 9.59 Å². The molecule has 2 amide bonds. The Hall–Kier alpha value is -3.41. The highest BCUT2D eigenvalue weighted by atomic mass is 16.2. The minimum atomic E-state index is -0.642. The third-order valence-corrected chi connectivity index (χ3v) is 4.16. The minimum absolute atomic E-state index is 0.0314. The first-order valence-electron chi connectivity index (χ1n) is 8.01. The Kier molecular flexibility index (Phi) is 3.78. The van der Waals surface area contributed by atoms with Gasteiger partial charge in [0.25, 0.3) is 5.91 Å². The van der Waals surface area contributed by atoms with E-state index >= 15 is 0 Å². The summed E-state index contributed by atoms with van der Waals surface area (Å²) >= 11 is 0. The molecule has 0 saturated heterocycles. The van der Waals surface area contributed by atoms with Gasteiger partial charge < -0.3 is 10.6 Å². The summed E-state index contributed by atoms with van der Waals surface area (Å²) in [6, 6.07) is 18.2. The van der Waals surface area contributed by atoms with Crippen molar-refractivity contribution in [2.45, 2.75) is 12.5 Å². The average Bonchev–Trinajstić information content (AvgIpc) is 3.16. The molecule has 2 N–H and O–H groups in total. The molecule has 3 aromatic rings. The standard InChI is InChI=1S/C19H16N4O2/c24-17(21-14-9-5-2-6-10-14)11-16-19(25)22-18-15(12-20-23(16)18)13-7-3-1-4-8-13/h1-10,12,16H,11H2,(H,21,24)(H,22,25)/t16-/m1/s1. The first kappa shape index (κ1) is 15.1. The van der Waals surface area contributed by atoms with Crippen LogP contribution in [0, 0.1) is 0 Å².